The summed E-state index contributed by atoms with van der Waals surface area (Å²) in [5, 5.41) is 3.07. The van der Waals surface area contributed by atoms with E-state index in [1.54, 1.807) is 6.20 Å². The van der Waals surface area contributed by atoms with Crippen molar-refractivity contribution < 1.29 is 14.3 Å². The minimum Gasteiger partial charge on any atom is -0.459 e. The second-order valence-corrected chi connectivity index (χ2v) is 6.13. The molecule has 1 saturated heterocycles. The molecule has 3 aromatic rings. The molecule has 4 heteroatoms. The third kappa shape index (κ3) is 2.85. The van der Waals surface area contributed by atoms with Crippen LogP contribution in [0.25, 0.3) is 21.7 Å². The lowest BCUT2D eigenvalue weighted by Gasteiger charge is -2.22. The molecule has 1 unspecified atom stereocenters. The Morgan fingerprint density at radius 1 is 1.17 bits per heavy atom. The van der Waals surface area contributed by atoms with E-state index in [9.17, 15) is 4.79 Å². The van der Waals surface area contributed by atoms with Crippen LogP contribution >= 0.6 is 0 Å². The van der Waals surface area contributed by atoms with Crippen molar-refractivity contribution in [3.05, 3.63) is 54.2 Å². The Labute approximate surface area is 140 Å². The van der Waals surface area contributed by atoms with Crippen molar-refractivity contribution in [2.45, 2.75) is 25.4 Å². The summed E-state index contributed by atoms with van der Waals surface area (Å²) in [5.74, 6) is -0.335. The van der Waals surface area contributed by atoms with E-state index >= 15 is 0 Å². The molecule has 0 radical (unpaired) electrons. The van der Waals surface area contributed by atoms with Crippen LogP contribution in [0.5, 0.6) is 0 Å². The maximum Gasteiger partial charge on any atom is 0.340 e. The highest BCUT2D eigenvalue weighted by Crippen LogP contribution is 2.27. The van der Waals surface area contributed by atoms with Gasteiger partial charge in [0.15, 0.2) is 0 Å². The quantitative estimate of drug-likeness (QED) is 0.538. The van der Waals surface area contributed by atoms with Crippen molar-refractivity contribution in [2.24, 2.45) is 0 Å². The summed E-state index contributed by atoms with van der Waals surface area (Å²) in [4.78, 5) is 17.0. The van der Waals surface area contributed by atoms with Gasteiger partial charge in [-0.25, -0.2) is 4.79 Å². The second kappa shape index (κ2) is 6.57. The standard InChI is InChI=1S/C20H19NO3/c22-20(24-13-15-7-3-4-11-23-15)18-12-14-6-1-2-8-16(14)17-9-5-10-21-19(17)18/h1-2,5-6,8-10,12,15H,3-4,7,11,13H2. The summed E-state index contributed by atoms with van der Waals surface area (Å²) < 4.78 is 11.1. The Morgan fingerprint density at radius 2 is 2.04 bits per heavy atom. The van der Waals surface area contributed by atoms with Gasteiger partial charge in [0, 0.05) is 18.2 Å². The highest BCUT2D eigenvalue weighted by atomic mass is 16.6. The number of benzene rings is 2. The fourth-order valence-corrected chi connectivity index (χ4v) is 3.27. The summed E-state index contributed by atoms with van der Waals surface area (Å²) in [6.45, 7) is 1.06. The highest BCUT2D eigenvalue weighted by Gasteiger charge is 2.19. The minimum absolute atomic E-state index is 0.0161. The molecule has 0 N–H and O–H groups in total. The highest BCUT2D eigenvalue weighted by molar-refractivity contribution is 6.14. The third-order valence-corrected chi connectivity index (χ3v) is 4.51. The Bertz CT molecular complexity index is 884. The molecule has 2 aromatic carbocycles. The Hall–Kier alpha value is -2.46. The predicted octanol–water partition coefficient (Wildman–Crippen LogP) is 4.11. The van der Waals surface area contributed by atoms with Crippen molar-refractivity contribution in [3.63, 3.8) is 0 Å². The molecule has 0 saturated carbocycles. The summed E-state index contributed by atoms with van der Waals surface area (Å²) in [6, 6.07) is 13.8. The molecule has 24 heavy (non-hydrogen) atoms. The number of hydrogen-bond donors (Lipinski definition) is 0. The van der Waals surface area contributed by atoms with Crippen molar-refractivity contribution in [3.8, 4) is 0 Å². The number of hydrogen-bond acceptors (Lipinski definition) is 4. The molecule has 4 nitrogen and oxygen atoms in total. The molecular formula is C20H19NO3. The molecule has 1 fully saturated rings. The molecule has 1 aliphatic heterocycles. The Balaban J connectivity index is 1.67. The van der Waals surface area contributed by atoms with Gasteiger partial charge < -0.3 is 9.47 Å². The fraction of sp³-hybridized carbons (Fsp3) is 0.300. The van der Waals surface area contributed by atoms with Gasteiger partial charge in [-0.05, 0) is 42.2 Å². The van der Waals surface area contributed by atoms with Crippen molar-refractivity contribution in [1.29, 1.82) is 0 Å². The number of carbonyl (C=O) groups excluding carboxylic acids is 1. The largest absolute Gasteiger partial charge is 0.459 e. The van der Waals surface area contributed by atoms with Crippen LogP contribution in [0, 0.1) is 0 Å². The van der Waals surface area contributed by atoms with Crippen LogP contribution < -0.4 is 0 Å². The number of rotatable bonds is 3. The molecule has 1 aliphatic rings. The minimum atomic E-state index is -0.335. The number of ether oxygens (including phenoxy) is 2. The molecule has 0 bridgehead atoms. The van der Waals surface area contributed by atoms with Gasteiger partial charge >= 0.3 is 5.97 Å². The first-order valence-electron chi connectivity index (χ1n) is 8.38. The van der Waals surface area contributed by atoms with Gasteiger partial charge in [0.1, 0.15) is 6.61 Å². The molecule has 2 heterocycles. The monoisotopic (exact) mass is 321 g/mol. The van der Waals surface area contributed by atoms with E-state index in [0.29, 0.717) is 17.7 Å². The van der Waals surface area contributed by atoms with Gasteiger partial charge in [-0.2, -0.15) is 0 Å². The zero-order chi connectivity index (χ0) is 16.4. The first kappa shape index (κ1) is 15.1. The van der Waals surface area contributed by atoms with Gasteiger partial charge in [-0.3, -0.25) is 4.98 Å². The number of esters is 1. The average molecular weight is 321 g/mol. The maximum atomic E-state index is 12.6. The topological polar surface area (TPSA) is 48.4 Å². The Kier molecular flexibility index (Phi) is 4.13. The molecule has 122 valence electrons. The number of aromatic nitrogens is 1. The zero-order valence-electron chi connectivity index (χ0n) is 13.4. The molecule has 0 amide bonds. The van der Waals surface area contributed by atoms with Crippen LogP contribution in [0.2, 0.25) is 0 Å². The molecular weight excluding hydrogens is 302 g/mol. The summed E-state index contributed by atoms with van der Waals surface area (Å²) in [7, 11) is 0. The van der Waals surface area contributed by atoms with Gasteiger partial charge in [-0.1, -0.05) is 30.3 Å². The van der Waals surface area contributed by atoms with Crippen molar-refractivity contribution in [2.75, 3.05) is 13.2 Å². The first-order valence-corrected chi connectivity index (χ1v) is 8.38. The van der Waals surface area contributed by atoms with Gasteiger partial charge in [0.25, 0.3) is 0 Å². The van der Waals surface area contributed by atoms with E-state index < -0.39 is 0 Å². The summed E-state index contributed by atoms with van der Waals surface area (Å²) in [5.41, 5.74) is 1.20. The fourth-order valence-electron chi connectivity index (χ4n) is 3.27. The number of nitrogens with zero attached hydrogens (tertiary/aromatic N) is 1. The molecule has 1 atom stereocenters. The van der Waals surface area contributed by atoms with Crippen LogP contribution in [0.1, 0.15) is 29.6 Å². The van der Waals surface area contributed by atoms with Crippen molar-refractivity contribution >= 4 is 27.6 Å². The van der Waals surface area contributed by atoms with E-state index in [4.69, 9.17) is 9.47 Å². The average Bonchev–Trinajstić information content (AvgIpc) is 2.66. The zero-order valence-corrected chi connectivity index (χ0v) is 13.4. The normalized spacial score (nSPS) is 17.9. The van der Waals surface area contributed by atoms with Gasteiger partial charge in [-0.15, -0.1) is 0 Å². The summed E-state index contributed by atoms with van der Waals surface area (Å²) in [6.07, 6.45) is 4.89. The lowest BCUT2D eigenvalue weighted by Crippen LogP contribution is -2.26. The molecule has 1 aromatic heterocycles. The van der Waals surface area contributed by atoms with Crippen LogP contribution in [-0.2, 0) is 9.47 Å². The number of carbonyl (C=O) groups is 1. The van der Waals surface area contributed by atoms with Crippen molar-refractivity contribution in [1.82, 2.24) is 4.98 Å². The first-order chi connectivity index (χ1) is 11.8. The third-order valence-electron chi connectivity index (χ3n) is 4.51. The van der Waals surface area contributed by atoms with Crippen LogP contribution in [0.4, 0.5) is 0 Å². The van der Waals surface area contributed by atoms with Gasteiger partial charge in [0.2, 0.25) is 0 Å². The smallest absolute Gasteiger partial charge is 0.340 e. The summed E-state index contributed by atoms with van der Waals surface area (Å²) >= 11 is 0. The lowest BCUT2D eigenvalue weighted by atomic mass is 10.0. The number of fused-ring (bicyclic) bond motifs is 3. The van der Waals surface area contributed by atoms with E-state index in [1.165, 1.54) is 0 Å². The van der Waals surface area contributed by atoms with Crippen LogP contribution in [-0.4, -0.2) is 30.3 Å². The van der Waals surface area contributed by atoms with Gasteiger partial charge in [0.05, 0.1) is 17.2 Å². The van der Waals surface area contributed by atoms with E-state index in [1.807, 2.05) is 42.5 Å². The maximum absolute atomic E-state index is 12.6. The molecule has 4 rings (SSSR count). The van der Waals surface area contributed by atoms with E-state index in [0.717, 1.165) is 42.0 Å². The van der Waals surface area contributed by atoms with E-state index in [2.05, 4.69) is 4.98 Å². The second-order valence-electron chi connectivity index (χ2n) is 6.13. The molecule has 0 spiro atoms. The SMILES string of the molecule is O=C(OCC1CCCCO1)c1cc2ccccc2c2cccnc12. The predicted molar refractivity (Wildman–Crippen MR) is 93.1 cm³/mol. The Morgan fingerprint density at radius 3 is 2.92 bits per heavy atom. The van der Waals surface area contributed by atoms with Crippen LogP contribution in [0.15, 0.2) is 48.7 Å². The van der Waals surface area contributed by atoms with Crippen LogP contribution in [0.3, 0.4) is 0 Å². The lowest BCUT2D eigenvalue weighted by molar-refractivity contribution is -0.0299. The van der Waals surface area contributed by atoms with E-state index in [-0.39, 0.29) is 12.1 Å². The number of pyridine rings is 1. The molecule has 0 aliphatic carbocycles.